The quantitative estimate of drug-likeness (QED) is 0.747. The summed E-state index contributed by atoms with van der Waals surface area (Å²) in [6.45, 7) is 1.97. The minimum Gasteiger partial charge on any atom is -0.296 e. The number of aromatic nitrogens is 3. The van der Waals surface area contributed by atoms with Gasteiger partial charge in [-0.3, -0.25) is 15.1 Å². The van der Waals surface area contributed by atoms with Crippen LogP contribution in [-0.2, 0) is 12.6 Å². The summed E-state index contributed by atoms with van der Waals surface area (Å²) in [5.74, 6) is -0.912. The molecule has 1 aromatic carbocycles. The van der Waals surface area contributed by atoms with E-state index in [-0.39, 0.29) is 16.0 Å². The van der Waals surface area contributed by atoms with Gasteiger partial charge in [-0.15, -0.1) is 10.2 Å². The Morgan fingerprint density at radius 1 is 1.24 bits per heavy atom. The van der Waals surface area contributed by atoms with Crippen molar-refractivity contribution in [3.05, 3.63) is 46.6 Å². The van der Waals surface area contributed by atoms with Gasteiger partial charge in [0.15, 0.2) is 0 Å². The van der Waals surface area contributed by atoms with E-state index < -0.39 is 23.2 Å². The normalized spacial score (nSPS) is 11.7. The number of hydrogen-bond acceptors (Lipinski definition) is 5. The average Bonchev–Trinajstić information content (AvgIpc) is 3.00. The third-order valence-corrected chi connectivity index (χ3v) is 4.35. The van der Waals surface area contributed by atoms with Gasteiger partial charge in [-0.05, 0) is 12.5 Å². The Morgan fingerprint density at radius 3 is 2.72 bits per heavy atom. The molecule has 1 N–H and O–H groups in total. The van der Waals surface area contributed by atoms with Crippen molar-refractivity contribution in [1.29, 1.82) is 0 Å². The molecule has 0 saturated carbocycles. The monoisotopic (exact) mass is 366 g/mol. The van der Waals surface area contributed by atoms with E-state index in [1.165, 1.54) is 18.2 Å². The third kappa shape index (κ3) is 3.60. The number of alkyl halides is 3. The van der Waals surface area contributed by atoms with Gasteiger partial charge in [0.2, 0.25) is 5.13 Å². The number of rotatable bonds is 4. The fourth-order valence-electron chi connectivity index (χ4n) is 2.40. The van der Waals surface area contributed by atoms with Crippen LogP contribution in [0.1, 0.15) is 34.3 Å². The van der Waals surface area contributed by atoms with E-state index in [0.29, 0.717) is 11.4 Å². The molecule has 2 aromatic heterocycles. The number of fused-ring (bicyclic) bond motifs is 1. The van der Waals surface area contributed by atoms with Crippen LogP contribution in [0.2, 0.25) is 0 Å². The van der Waals surface area contributed by atoms with Crippen LogP contribution in [0, 0.1) is 0 Å². The molecular formula is C16H13F3N4OS. The summed E-state index contributed by atoms with van der Waals surface area (Å²) in [5, 5.41) is 10.8. The summed E-state index contributed by atoms with van der Waals surface area (Å²) in [6.07, 6.45) is -2.20. The number of anilines is 1. The van der Waals surface area contributed by atoms with Crippen LogP contribution in [0.25, 0.3) is 10.9 Å². The van der Waals surface area contributed by atoms with Gasteiger partial charge in [-0.1, -0.05) is 36.5 Å². The fourth-order valence-corrected chi connectivity index (χ4v) is 3.24. The average molecular weight is 366 g/mol. The lowest BCUT2D eigenvalue weighted by Crippen LogP contribution is -2.19. The van der Waals surface area contributed by atoms with Crippen molar-refractivity contribution in [2.24, 2.45) is 0 Å². The van der Waals surface area contributed by atoms with Gasteiger partial charge in [-0.25, -0.2) is 0 Å². The third-order valence-electron chi connectivity index (χ3n) is 3.45. The van der Waals surface area contributed by atoms with Crippen molar-refractivity contribution in [3.63, 3.8) is 0 Å². The van der Waals surface area contributed by atoms with Crippen LogP contribution in [-0.4, -0.2) is 21.1 Å². The molecule has 0 saturated heterocycles. The standard InChI is InChI=1S/C16H13F3N4OS/c1-2-5-12-22-23-15(25-12)21-14(24)10-8-20-11-7-4-3-6-9(11)13(10)16(17,18)19/h3-4,6-8H,2,5H2,1H3,(H,21,23,24). The number of halogens is 3. The highest BCUT2D eigenvalue weighted by Gasteiger charge is 2.37. The Hall–Kier alpha value is -2.55. The van der Waals surface area contributed by atoms with E-state index in [1.807, 2.05) is 6.92 Å². The molecule has 0 unspecified atom stereocenters. The molecule has 0 aliphatic heterocycles. The first kappa shape index (κ1) is 17.3. The summed E-state index contributed by atoms with van der Waals surface area (Å²) in [4.78, 5) is 16.3. The molecule has 1 amide bonds. The second kappa shape index (κ2) is 6.75. The summed E-state index contributed by atoms with van der Waals surface area (Å²) in [6, 6.07) is 5.83. The Balaban J connectivity index is 2.00. The van der Waals surface area contributed by atoms with Crippen LogP contribution in [0.5, 0.6) is 0 Å². The van der Waals surface area contributed by atoms with E-state index in [2.05, 4.69) is 20.5 Å². The van der Waals surface area contributed by atoms with Gasteiger partial charge in [0.25, 0.3) is 5.91 Å². The highest BCUT2D eigenvalue weighted by molar-refractivity contribution is 7.15. The van der Waals surface area contributed by atoms with Crippen LogP contribution >= 0.6 is 11.3 Å². The van der Waals surface area contributed by atoms with Gasteiger partial charge in [0.1, 0.15) is 5.01 Å². The lowest BCUT2D eigenvalue weighted by atomic mass is 10.0. The summed E-state index contributed by atoms with van der Waals surface area (Å²) in [7, 11) is 0. The number of hydrogen-bond donors (Lipinski definition) is 1. The maximum atomic E-state index is 13.5. The predicted molar refractivity (Wildman–Crippen MR) is 88.6 cm³/mol. The highest BCUT2D eigenvalue weighted by Crippen LogP contribution is 2.37. The van der Waals surface area contributed by atoms with Gasteiger partial charge < -0.3 is 0 Å². The number of benzene rings is 1. The second-order valence-corrected chi connectivity index (χ2v) is 6.33. The van der Waals surface area contributed by atoms with Crippen LogP contribution in [0.4, 0.5) is 18.3 Å². The fraction of sp³-hybridized carbons (Fsp3) is 0.250. The first-order valence-corrected chi connectivity index (χ1v) is 8.30. The SMILES string of the molecule is CCCc1nnc(NC(=O)c2cnc3ccccc3c2C(F)(F)F)s1. The summed E-state index contributed by atoms with van der Waals surface area (Å²) < 4.78 is 40.6. The maximum absolute atomic E-state index is 13.5. The molecule has 0 aliphatic carbocycles. The van der Waals surface area contributed by atoms with Crippen LogP contribution in [0.3, 0.4) is 0 Å². The first-order chi connectivity index (χ1) is 11.9. The van der Waals surface area contributed by atoms with Crippen LogP contribution in [0.15, 0.2) is 30.5 Å². The second-order valence-electron chi connectivity index (χ2n) is 5.27. The number of amides is 1. The van der Waals surface area contributed by atoms with Gasteiger partial charge in [0.05, 0.1) is 16.6 Å². The van der Waals surface area contributed by atoms with E-state index in [4.69, 9.17) is 0 Å². The molecule has 9 heteroatoms. The van der Waals surface area contributed by atoms with Crippen molar-refractivity contribution in [2.45, 2.75) is 25.9 Å². The van der Waals surface area contributed by atoms with Gasteiger partial charge >= 0.3 is 6.18 Å². The molecule has 130 valence electrons. The number of nitrogens with zero attached hydrogens (tertiary/aromatic N) is 3. The van der Waals surface area contributed by atoms with Crippen LogP contribution < -0.4 is 5.32 Å². The molecule has 2 heterocycles. The van der Waals surface area contributed by atoms with Crippen molar-refractivity contribution >= 4 is 33.3 Å². The molecule has 0 bridgehead atoms. The number of aryl methyl sites for hydroxylation is 1. The molecule has 0 radical (unpaired) electrons. The topological polar surface area (TPSA) is 67.8 Å². The zero-order valence-corrected chi connectivity index (χ0v) is 13.9. The Bertz CT molecular complexity index is 923. The molecule has 0 spiro atoms. The minimum absolute atomic E-state index is 0.119. The minimum atomic E-state index is -4.69. The Morgan fingerprint density at radius 2 is 2.00 bits per heavy atom. The zero-order valence-electron chi connectivity index (χ0n) is 13.1. The first-order valence-electron chi connectivity index (χ1n) is 7.49. The maximum Gasteiger partial charge on any atom is 0.417 e. The lowest BCUT2D eigenvalue weighted by molar-refractivity contribution is -0.136. The number of carbonyl (C=O) groups is 1. The number of nitrogens with one attached hydrogen (secondary N) is 1. The van der Waals surface area contributed by atoms with Crippen molar-refractivity contribution in [1.82, 2.24) is 15.2 Å². The molecule has 25 heavy (non-hydrogen) atoms. The van der Waals surface area contributed by atoms with E-state index >= 15 is 0 Å². The summed E-state index contributed by atoms with van der Waals surface area (Å²) >= 11 is 1.14. The predicted octanol–water partition coefficient (Wildman–Crippen LogP) is 4.31. The van der Waals surface area contributed by atoms with Gasteiger partial charge in [-0.2, -0.15) is 13.2 Å². The lowest BCUT2D eigenvalue weighted by Gasteiger charge is -2.14. The molecule has 3 rings (SSSR count). The van der Waals surface area contributed by atoms with Crippen molar-refractivity contribution < 1.29 is 18.0 Å². The van der Waals surface area contributed by atoms with Gasteiger partial charge in [0, 0.05) is 18.0 Å². The Labute approximate surface area is 144 Å². The molecule has 3 aromatic rings. The summed E-state index contributed by atoms with van der Waals surface area (Å²) in [5.41, 5.74) is -1.38. The van der Waals surface area contributed by atoms with E-state index in [1.54, 1.807) is 6.07 Å². The van der Waals surface area contributed by atoms with E-state index in [9.17, 15) is 18.0 Å². The smallest absolute Gasteiger partial charge is 0.296 e. The van der Waals surface area contributed by atoms with Crippen molar-refractivity contribution in [2.75, 3.05) is 5.32 Å². The molecule has 0 atom stereocenters. The highest BCUT2D eigenvalue weighted by atomic mass is 32.1. The number of pyridine rings is 1. The number of carbonyl (C=O) groups excluding carboxylic acids is 1. The molecule has 0 aliphatic rings. The molecular weight excluding hydrogens is 353 g/mol. The van der Waals surface area contributed by atoms with E-state index in [0.717, 1.165) is 24.0 Å². The zero-order chi connectivity index (χ0) is 18.0. The molecule has 0 fully saturated rings. The van der Waals surface area contributed by atoms with Crippen molar-refractivity contribution in [3.8, 4) is 0 Å². The number of para-hydroxylation sites is 1. The Kier molecular flexibility index (Phi) is 4.67. The largest absolute Gasteiger partial charge is 0.417 e. The molecule has 5 nitrogen and oxygen atoms in total.